The van der Waals surface area contributed by atoms with Gasteiger partial charge in [-0.15, -0.1) is 0 Å². The fourth-order valence-electron chi connectivity index (χ4n) is 3.27. The molecule has 0 bridgehead atoms. The lowest BCUT2D eigenvalue weighted by molar-refractivity contribution is 0.0583. The van der Waals surface area contributed by atoms with E-state index in [1.807, 2.05) is 30.3 Å². The Hall–Kier alpha value is -4.05. The summed E-state index contributed by atoms with van der Waals surface area (Å²) in [5.74, 6) is 0.465. The van der Waals surface area contributed by atoms with E-state index in [1.54, 1.807) is 45.2 Å². The fraction of sp³-hybridized carbons (Fsp3) is 0.240. The lowest BCUT2D eigenvalue weighted by Crippen LogP contribution is -2.38. The maximum atomic E-state index is 13.2. The maximum Gasteiger partial charge on any atom is 0.415 e. The highest BCUT2D eigenvalue weighted by molar-refractivity contribution is 6.06. The molecule has 3 aromatic rings. The van der Waals surface area contributed by atoms with Gasteiger partial charge in [0.25, 0.3) is 0 Å². The number of pyridine rings is 1. The summed E-state index contributed by atoms with van der Waals surface area (Å²) in [7, 11) is 1.53. The number of nitrogens with zero attached hydrogens (tertiary/aromatic N) is 3. The first-order chi connectivity index (χ1) is 15.1. The molecule has 32 heavy (non-hydrogen) atoms. The second-order valence-corrected chi connectivity index (χ2v) is 8.31. The number of carbonyl (C=O) groups is 1. The molecule has 7 heteroatoms. The van der Waals surface area contributed by atoms with Crippen LogP contribution in [-0.2, 0) is 4.74 Å². The van der Waals surface area contributed by atoms with E-state index in [4.69, 9.17) is 15.2 Å². The quantitative estimate of drug-likeness (QED) is 0.550. The molecule has 0 fully saturated rings. The average molecular weight is 431 g/mol. The molecule has 2 aromatic carbocycles. The van der Waals surface area contributed by atoms with E-state index >= 15 is 0 Å². The van der Waals surface area contributed by atoms with E-state index in [2.05, 4.69) is 11.6 Å². The summed E-state index contributed by atoms with van der Waals surface area (Å²) in [6, 6.07) is 15.0. The minimum Gasteiger partial charge on any atom is -0.495 e. The number of nitrogen functional groups attached to an aromatic ring is 1. The van der Waals surface area contributed by atoms with Crippen molar-refractivity contribution >= 4 is 28.2 Å². The first kappa shape index (κ1) is 22.6. The zero-order valence-electron chi connectivity index (χ0n) is 18.7. The molecular formula is C25H26N4O3. The van der Waals surface area contributed by atoms with Gasteiger partial charge in [0.05, 0.1) is 31.1 Å². The fourth-order valence-corrected chi connectivity index (χ4v) is 3.27. The smallest absolute Gasteiger partial charge is 0.415 e. The predicted molar refractivity (Wildman–Crippen MR) is 126 cm³/mol. The Morgan fingerprint density at radius 1 is 1.22 bits per heavy atom. The van der Waals surface area contributed by atoms with Gasteiger partial charge < -0.3 is 15.2 Å². The number of anilines is 2. The zero-order chi connectivity index (χ0) is 23.5. The summed E-state index contributed by atoms with van der Waals surface area (Å²) in [5.41, 5.74) is 8.03. The molecule has 0 aliphatic heterocycles. The summed E-state index contributed by atoms with van der Waals surface area (Å²) in [5, 5.41) is 10.9. The van der Waals surface area contributed by atoms with Gasteiger partial charge in [-0.25, -0.2) is 4.79 Å². The third kappa shape index (κ3) is 4.98. The summed E-state index contributed by atoms with van der Waals surface area (Å²) in [4.78, 5) is 19.0. The molecule has 0 aliphatic rings. The van der Waals surface area contributed by atoms with Crippen LogP contribution in [0.5, 0.6) is 5.75 Å². The molecule has 0 atom stereocenters. The number of aromatic nitrogens is 1. The maximum absolute atomic E-state index is 13.2. The van der Waals surface area contributed by atoms with Crippen molar-refractivity contribution in [3.05, 3.63) is 60.8 Å². The normalized spacial score (nSPS) is 11.0. The summed E-state index contributed by atoms with van der Waals surface area (Å²) >= 11 is 0. The van der Waals surface area contributed by atoms with Crippen LogP contribution in [0.1, 0.15) is 20.8 Å². The molecule has 0 saturated heterocycles. The lowest BCUT2D eigenvalue weighted by Gasteiger charge is -2.29. The van der Waals surface area contributed by atoms with Crippen LogP contribution in [0.15, 0.2) is 60.8 Å². The second kappa shape index (κ2) is 8.98. The van der Waals surface area contributed by atoms with Gasteiger partial charge in [-0.1, -0.05) is 24.8 Å². The highest BCUT2D eigenvalue weighted by Crippen LogP contribution is 2.39. The molecule has 1 aromatic heterocycles. The Morgan fingerprint density at radius 3 is 2.56 bits per heavy atom. The molecule has 1 amide bonds. The Morgan fingerprint density at radius 2 is 1.94 bits per heavy atom. The number of methoxy groups -OCH3 is 1. The highest BCUT2D eigenvalue weighted by Gasteiger charge is 2.28. The SMILES string of the molecule is C=C(C#N)CN(C(=O)OC(C)(C)C)c1c(OC)ccc2ccc(-c3cc(N)ccn3)cc12. The van der Waals surface area contributed by atoms with Gasteiger partial charge in [-0.2, -0.15) is 5.26 Å². The number of hydrogen-bond acceptors (Lipinski definition) is 6. The van der Waals surface area contributed by atoms with Crippen molar-refractivity contribution in [1.29, 1.82) is 5.26 Å². The van der Waals surface area contributed by atoms with Crippen LogP contribution < -0.4 is 15.4 Å². The van der Waals surface area contributed by atoms with Gasteiger partial charge in [0, 0.05) is 28.4 Å². The van der Waals surface area contributed by atoms with E-state index in [1.165, 1.54) is 12.0 Å². The number of nitriles is 1. The number of amides is 1. The van der Waals surface area contributed by atoms with Crippen molar-refractivity contribution in [2.45, 2.75) is 26.4 Å². The Balaban J connectivity index is 2.25. The van der Waals surface area contributed by atoms with Gasteiger partial charge in [0.15, 0.2) is 0 Å². The Kier molecular flexibility index (Phi) is 6.35. The van der Waals surface area contributed by atoms with Gasteiger partial charge in [0.2, 0.25) is 0 Å². The third-order valence-electron chi connectivity index (χ3n) is 4.65. The van der Waals surface area contributed by atoms with Crippen molar-refractivity contribution in [2.75, 3.05) is 24.3 Å². The number of rotatable bonds is 5. The lowest BCUT2D eigenvalue weighted by atomic mass is 10.0. The first-order valence-corrected chi connectivity index (χ1v) is 10.0. The Labute approximate surface area is 187 Å². The molecule has 0 spiro atoms. The number of benzene rings is 2. The van der Waals surface area contributed by atoms with Crippen LogP contribution in [0, 0.1) is 11.3 Å². The van der Waals surface area contributed by atoms with Crippen molar-refractivity contribution in [3.8, 4) is 23.1 Å². The van der Waals surface area contributed by atoms with Gasteiger partial charge in [-0.3, -0.25) is 9.88 Å². The Bertz CT molecular complexity index is 1220. The number of hydrogen-bond donors (Lipinski definition) is 1. The van der Waals surface area contributed by atoms with Gasteiger partial charge >= 0.3 is 6.09 Å². The van der Waals surface area contributed by atoms with Crippen LogP contribution in [0.2, 0.25) is 0 Å². The molecule has 3 rings (SSSR count). The van der Waals surface area contributed by atoms with Crippen LogP contribution >= 0.6 is 0 Å². The second-order valence-electron chi connectivity index (χ2n) is 8.31. The summed E-state index contributed by atoms with van der Waals surface area (Å²) in [6.07, 6.45) is 1.04. The molecule has 164 valence electrons. The van der Waals surface area contributed by atoms with Crippen molar-refractivity contribution in [3.63, 3.8) is 0 Å². The van der Waals surface area contributed by atoms with Crippen molar-refractivity contribution in [1.82, 2.24) is 4.98 Å². The average Bonchev–Trinajstić information content (AvgIpc) is 2.75. The molecule has 1 heterocycles. The number of nitrogens with two attached hydrogens (primary N) is 1. The largest absolute Gasteiger partial charge is 0.495 e. The predicted octanol–water partition coefficient (Wildman–Crippen LogP) is 5.31. The third-order valence-corrected chi connectivity index (χ3v) is 4.65. The van der Waals surface area contributed by atoms with Crippen LogP contribution in [0.3, 0.4) is 0 Å². The topological polar surface area (TPSA) is 101 Å². The van der Waals surface area contributed by atoms with E-state index in [0.29, 0.717) is 22.8 Å². The molecule has 0 radical (unpaired) electrons. The van der Waals surface area contributed by atoms with E-state index in [-0.39, 0.29) is 12.1 Å². The molecule has 0 saturated carbocycles. The number of fused-ring (bicyclic) bond motifs is 1. The van der Waals surface area contributed by atoms with Crippen LogP contribution in [0.25, 0.3) is 22.0 Å². The van der Waals surface area contributed by atoms with E-state index < -0.39 is 11.7 Å². The molecule has 2 N–H and O–H groups in total. The molecule has 0 unspecified atom stereocenters. The zero-order valence-corrected chi connectivity index (χ0v) is 18.7. The van der Waals surface area contributed by atoms with E-state index in [0.717, 1.165) is 16.3 Å². The van der Waals surface area contributed by atoms with Gasteiger partial charge in [-0.05, 0) is 50.4 Å². The van der Waals surface area contributed by atoms with Gasteiger partial charge in [0.1, 0.15) is 11.4 Å². The number of carbonyl (C=O) groups excluding carboxylic acids is 1. The van der Waals surface area contributed by atoms with Crippen molar-refractivity contribution in [2.24, 2.45) is 0 Å². The highest BCUT2D eigenvalue weighted by atomic mass is 16.6. The monoisotopic (exact) mass is 430 g/mol. The molecular weight excluding hydrogens is 404 g/mol. The standard InChI is InChI=1S/C25H26N4O3/c1-16(14-26)15-29(24(30)32-25(2,3)4)23-20-12-18(21-13-19(27)10-11-28-21)7-6-17(20)8-9-22(23)31-5/h6-13H,1,15H2,2-5H3,(H2,27,28). The van der Waals surface area contributed by atoms with E-state index in [9.17, 15) is 10.1 Å². The summed E-state index contributed by atoms with van der Waals surface area (Å²) < 4.78 is 11.2. The first-order valence-electron chi connectivity index (χ1n) is 10.0. The molecule has 0 aliphatic carbocycles. The minimum absolute atomic E-state index is 0.0400. The molecule has 7 nitrogen and oxygen atoms in total. The minimum atomic E-state index is -0.724. The number of ether oxygens (including phenoxy) is 2. The van der Waals surface area contributed by atoms with Crippen LogP contribution in [-0.4, -0.2) is 30.3 Å². The van der Waals surface area contributed by atoms with Crippen molar-refractivity contribution < 1.29 is 14.3 Å². The summed E-state index contributed by atoms with van der Waals surface area (Å²) in [6.45, 7) is 9.06. The van der Waals surface area contributed by atoms with Crippen LogP contribution in [0.4, 0.5) is 16.2 Å².